The first-order chi connectivity index (χ1) is 19.2. The Labute approximate surface area is 233 Å². The van der Waals surface area contributed by atoms with Gasteiger partial charge in [0.25, 0.3) is 10.0 Å². The quantitative estimate of drug-likeness (QED) is 0.292. The lowest BCUT2D eigenvalue weighted by molar-refractivity contribution is -0.131. The summed E-state index contributed by atoms with van der Waals surface area (Å²) in [5, 5.41) is 14.2. The fraction of sp³-hybridized carbons (Fsp3) is 0.379. The van der Waals surface area contributed by atoms with Crippen molar-refractivity contribution in [2.45, 2.75) is 42.5 Å². The first-order valence-corrected chi connectivity index (χ1v) is 15.0. The molecule has 10 nitrogen and oxygen atoms in total. The van der Waals surface area contributed by atoms with Gasteiger partial charge in [-0.3, -0.25) is 9.52 Å². The summed E-state index contributed by atoms with van der Waals surface area (Å²) >= 11 is 0. The van der Waals surface area contributed by atoms with Gasteiger partial charge in [-0.2, -0.15) is 0 Å². The third-order valence-electron chi connectivity index (χ3n) is 7.45. The molecule has 40 heavy (non-hydrogen) atoms. The Morgan fingerprint density at radius 3 is 2.50 bits per heavy atom. The van der Waals surface area contributed by atoms with E-state index in [0.717, 1.165) is 25.9 Å². The van der Waals surface area contributed by atoms with Gasteiger partial charge in [0.1, 0.15) is 11.5 Å². The smallest absolute Gasteiger partial charge is 0.343 e. The maximum atomic E-state index is 13.2. The molecule has 2 heterocycles. The van der Waals surface area contributed by atoms with Crippen molar-refractivity contribution in [1.82, 2.24) is 10.2 Å². The molecule has 212 valence electrons. The lowest BCUT2D eigenvalue weighted by Crippen LogP contribution is -2.46. The molecule has 1 saturated carbocycles. The molecule has 2 aliphatic rings. The largest absolute Gasteiger partial charge is 0.507 e. The van der Waals surface area contributed by atoms with Crippen molar-refractivity contribution >= 4 is 21.6 Å². The van der Waals surface area contributed by atoms with Crippen LogP contribution in [0.15, 0.2) is 74.8 Å². The molecule has 1 amide bonds. The number of hydrogen-bond acceptors (Lipinski definition) is 8. The fourth-order valence-corrected chi connectivity index (χ4v) is 6.26. The number of aromatic hydroxyl groups is 1. The Bertz CT molecular complexity index is 1510. The molecular weight excluding hydrogens is 532 g/mol. The van der Waals surface area contributed by atoms with Crippen LogP contribution in [0.4, 0.5) is 5.69 Å². The van der Waals surface area contributed by atoms with Crippen LogP contribution >= 0.6 is 0 Å². The molecule has 0 bridgehead atoms. The van der Waals surface area contributed by atoms with Crippen LogP contribution in [0, 0.1) is 5.92 Å². The molecule has 3 aromatic rings. The van der Waals surface area contributed by atoms with Gasteiger partial charge in [-0.25, -0.2) is 13.2 Å². The van der Waals surface area contributed by atoms with Crippen LogP contribution in [0.3, 0.4) is 0 Å². The first kappa shape index (κ1) is 27.9. The number of nitrogens with two attached hydrogens (primary N) is 1. The minimum absolute atomic E-state index is 0.00305. The summed E-state index contributed by atoms with van der Waals surface area (Å²) in [4.78, 5) is 27.6. The lowest BCUT2D eigenvalue weighted by atomic mass is 9.87. The molecular formula is C29H34N4O6S. The molecule has 11 heteroatoms. The molecule has 1 saturated heterocycles. The van der Waals surface area contributed by atoms with Crippen molar-refractivity contribution in [3.63, 3.8) is 0 Å². The van der Waals surface area contributed by atoms with Gasteiger partial charge in [0.2, 0.25) is 5.91 Å². The third kappa shape index (κ3) is 6.38. The van der Waals surface area contributed by atoms with Crippen molar-refractivity contribution in [3.8, 4) is 5.75 Å². The lowest BCUT2D eigenvalue weighted by Gasteiger charge is -2.27. The van der Waals surface area contributed by atoms with Gasteiger partial charge in [-0.1, -0.05) is 30.3 Å². The van der Waals surface area contributed by atoms with E-state index in [-0.39, 0.29) is 46.6 Å². The fourth-order valence-electron chi connectivity index (χ4n) is 5.18. The van der Waals surface area contributed by atoms with Crippen LogP contribution in [0.2, 0.25) is 0 Å². The third-order valence-corrected chi connectivity index (χ3v) is 8.84. The second-order valence-electron chi connectivity index (χ2n) is 10.4. The normalized spacial score (nSPS) is 17.3. The molecule has 0 radical (unpaired) electrons. The molecule has 1 aliphatic heterocycles. The summed E-state index contributed by atoms with van der Waals surface area (Å²) in [5.41, 5.74) is 6.73. The Hall–Kier alpha value is -3.67. The SMILES string of the molecule is NC(CCC(=O)N1CCNCC1)c1cc(O)c(C(c2cccc(NS(=O)(=O)c3ccccc3)c2)C2CC2)c(=O)o1. The van der Waals surface area contributed by atoms with Crippen molar-refractivity contribution in [1.29, 1.82) is 0 Å². The van der Waals surface area contributed by atoms with Gasteiger partial charge in [-0.05, 0) is 55.0 Å². The predicted molar refractivity (Wildman–Crippen MR) is 151 cm³/mol. The van der Waals surface area contributed by atoms with E-state index >= 15 is 0 Å². The van der Waals surface area contributed by atoms with E-state index < -0.39 is 27.6 Å². The summed E-state index contributed by atoms with van der Waals surface area (Å²) < 4.78 is 33.9. The molecule has 2 unspecified atom stereocenters. The zero-order valence-electron chi connectivity index (χ0n) is 22.1. The molecule has 2 fully saturated rings. The number of sulfonamides is 1. The Kier molecular flexibility index (Phi) is 8.24. The van der Waals surface area contributed by atoms with Gasteiger partial charge in [0.15, 0.2) is 0 Å². The average Bonchev–Trinajstić information content (AvgIpc) is 3.79. The maximum Gasteiger partial charge on any atom is 0.343 e. The van der Waals surface area contributed by atoms with Crippen LogP contribution in [-0.2, 0) is 14.8 Å². The average molecular weight is 567 g/mol. The second-order valence-corrected chi connectivity index (χ2v) is 12.1. The summed E-state index contributed by atoms with van der Waals surface area (Å²) in [5.74, 6) is -0.472. The van der Waals surface area contributed by atoms with Crippen LogP contribution in [-0.4, -0.2) is 50.5 Å². The number of hydrogen-bond donors (Lipinski definition) is 4. The summed E-state index contributed by atoms with van der Waals surface area (Å²) in [7, 11) is -3.80. The van der Waals surface area contributed by atoms with Crippen LogP contribution in [0.25, 0.3) is 0 Å². The Morgan fingerprint density at radius 2 is 1.82 bits per heavy atom. The number of carbonyl (C=O) groups is 1. The van der Waals surface area contributed by atoms with E-state index in [0.29, 0.717) is 24.3 Å². The summed E-state index contributed by atoms with van der Waals surface area (Å²) in [6.45, 7) is 2.81. The molecule has 5 rings (SSSR count). The number of nitrogens with one attached hydrogen (secondary N) is 2. The number of carbonyl (C=O) groups excluding carboxylic acids is 1. The van der Waals surface area contributed by atoms with Crippen LogP contribution in [0.1, 0.15) is 54.5 Å². The van der Waals surface area contributed by atoms with Crippen LogP contribution < -0.4 is 21.4 Å². The van der Waals surface area contributed by atoms with Gasteiger partial charge in [-0.15, -0.1) is 0 Å². The van der Waals surface area contributed by atoms with E-state index in [9.17, 15) is 23.1 Å². The van der Waals surface area contributed by atoms with Crippen molar-refractivity contribution < 1.29 is 22.7 Å². The highest BCUT2D eigenvalue weighted by Crippen LogP contribution is 2.48. The second kappa shape index (κ2) is 11.8. The number of amides is 1. The highest BCUT2D eigenvalue weighted by molar-refractivity contribution is 7.92. The highest BCUT2D eigenvalue weighted by atomic mass is 32.2. The first-order valence-electron chi connectivity index (χ1n) is 13.5. The van der Waals surface area contributed by atoms with Gasteiger partial charge in [0.05, 0.1) is 16.5 Å². The molecule has 0 spiro atoms. The topological polar surface area (TPSA) is 155 Å². The number of rotatable bonds is 10. The summed E-state index contributed by atoms with van der Waals surface area (Å²) in [6.07, 6.45) is 2.21. The zero-order chi connectivity index (χ0) is 28.3. The molecule has 2 atom stereocenters. The standard InChI is InChI=1S/C29H34N4O6S/c30-23(11-12-26(35)33-15-13-31-14-16-33)25-18-24(34)28(29(36)39-25)27(19-9-10-19)20-5-4-6-21(17-20)32-40(37,38)22-7-2-1-3-8-22/h1-8,17-19,23,27,31-32,34H,9-16,30H2. The highest BCUT2D eigenvalue weighted by Gasteiger charge is 2.38. The van der Waals surface area contributed by atoms with Gasteiger partial charge in [0, 0.05) is 50.3 Å². The number of nitrogens with zero attached hydrogens (tertiary/aromatic N) is 1. The minimum Gasteiger partial charge on any atom is -0.507 e. The molecule has 1 aliphatic carbocycles. The molecule has 1 aromatic heterocycles. The van der Waals surface area contributed by atoms with E-state index in [1.165, 1.54) is 18.2 Å². The monoisotopic (exact) mass is 566 g/mol. The molecule has 2 aromatic carbocycles. The van der Waals surface area contributed by atoms with E-state index in [1.54, 1.807) is 41.3 Å². The Balaban J connectivity index is 1.35. The van der Waals surface area contributed by atoms with E-state index in [2.05, 4.69) is 10.0 Å². The number of anilines is 1. The van der Waals surface area contributed by atoms with E-state index in [4.69, 9.17) is 10.2 Å². The minimum atomic E-state index is -3.80. The van der Waals surface area contributed by atoms with Crippen molar-refractivity contribution in [3.05, 3.63) is 88.0 Å². The van der Waals surface area contributed by atoms with Gasteiger partial charge >= 0.3 is 5.63 Å². The van der Waals surface area contributed by atoms with Crippen molar-refractivity contribution in [2.24, 2.45) is 11.7 Å². The predicted octanol–water partition coefficient (Wildman–Crippen LogP) is 2.90. The zero-order valence-corrected chi connectivity index (χ0v) is 22.9. The van der Waals surface area contributed by atoms with Crippen LogP contribution in [0.5, 0.6) is 5.75 Å². The maximum absolute atomic E-state index is 13.2. The van der Waals surface area contributed by atoms with E-state index in [1.807, 2.05) is 6.07 Å². The number of benzene rings is 2. The van der Waals surface area contributed by atoms with Crippen molar-refractivity contribution in [2.75, 3.05) is 30.9 Å². The van der Waals surface area contributed by atoms with Gasteiger partial charge < -0.3 is 25.5 Å². The Morgan fingerprint density at radius 1 is 1.10 bits per heavy atom. The number of piperazine rings is 1. The molecule has 5 N–H and O–H groups in total. The summed E-state index contributed by atoms with van der Waals surface area (Å²) in [6, 6.07) is 15.5.